The molecule has 2 amide bonds. The second-order valence-corrected chi connectivity index (χ2v) is 15.8. The normalized spacial score (nSPS) is 18.9. The SMILES string of the molecule is O=C(CN1CCN(C(=O)CCCCc2cc(Cl)c(COC3(c4cnccc4-c4ccccc4OC4CC4)CC3)cc2Cl)CC1)NCC(O)C(O)C(O)C(O)CO. The number of carbonyl (C=O) groups excluding carboxylic acids is 2. The molecule has 0 radical (unpaired) electrons. The third-order valence-electron chi connectivity index (χ3n) is 10.7. The second kappa shape index (κ2) is 19.4. The van der Waals surface area contributed by atoms with Crippen LogP contribution in [0.5, 0.6) is 5.75 Å². The molecule has 2 saturated carbocycles. The van der Waals surface area contributed by atoms with Gasteiger partial charge in [0.2, 0.25) is 11.8 Å². The molecule has 3 aliphatic rings. The second-order valence-electron chi connectivity index (χ2n) is 15.0. The van der Waals surface area contributed by atoms with E-state index in [0.29, 0.717) is 62.1 Å². The Morgan fingerprint density at radius 3 is 2.32 bits per heavy atom. The average Bonchev–Trinajstić information content (AvgIpc) is 4.16. The summed E-state index contributed by atoms with van der Waals surface area (Å²) in [4.78, 5) is 33.5. The van der Waals surface area contributed by atoms with Crippen molar-refractivity contribution in [2.75, 3.05) is 45.9 Å². The van der Waals surface area contributed by atoms with Crippen LogP contribution < -0.4 is 10.1 Å². The van der Waals surface area contributed by atoms with Gasteiger partial charge in [0.05, 0.1) is 37.6 Å². The van der Waals surface area contributed by atoms with Crippen molar-refractivity contribution in [3.8, 4) is 16.9 Å². The van der Waals surface area contributed by atoms with Gasteiger partial charge in [-0.1, -0.05) is 41.4 Å². The summed E-state index contributed by atoms with van der Waals surface area (Å²) in [5, 5.41) is 51.7. The minimum Gasteiger partial charge on any atom is -0.490 e. The fourth-order valence-electron chi connectivity index (χ4n) is 6.97. The Morgan fingerprint density at radius 1 is 0.911 bits per heavy atom. The number of ether oxygens (including phenoxy) is 2. The lowest BCUT2D eigenvalue weighted by Crippen LogP contribution is -2.53. The molecule has 2 heterocycles. The van der Waals surface area contributed by atoms with Crippen molar-refractivity contribution < 1.29 is 44.6 Å². The molecular weight excluding hydrogens is 763 g/mol. The van der Waals surface area contributed by atoms with Crippen LogP contribution in [0.1, 0.15) is 61.6 Å². The molecule has 6 N–H and O–H groups in total. The van der Waals surface area contributed by atoms with E-state index in [1.807, 2.05) is 47.5 Å². The lowest BCUT2D eigenvalue weighted by atomic mass is 9.96. The summed E-state index contributed by atoms with van der Waals surface area (Å²) in [6.07, 6.45) is 3.75. The predicted molar refractivity (Wildman–Crippen MR) is 210 cm³/mol. The molecule has 2 aromatic carbocycles. The molecule has 6 rings (SSSR count). The highest BCUT2D eigenvalue weighted by Crippen LogP contribution is 2.53. The summed E-state index contributed by atoms with van der Waals surface area (Å²) >= 11 is 13.5. The molecule has 1 aliphatic heterocycles. The lowest BCUT2D eigenvalue weighted by molar-refractivity contribution is -0.133. The Labute approximate surface area is 337 Å². The maximum atomic E-state index is 12.9. The van der Waals surface area contributed by atoms with Gasteiger partial charge in [0.1, 0.15) is 24.1 Å². The lowest BCUT2D eigenvalue weighted by Gasteiger charge is -2.34. The highest BCUT2D eigenvalue weighted by atomic mass is 35.5. The minimum absolute atomic E-state index is 0.0401. The van der Waals surface area contributed by atoms with Crippen LogP contribution in [0, 0.1) is 0 Å². The predicted octanol–water partition coefficient (Wildman–Crippen LogP) is 3.21. The zero-order chi connectivity index (χ0) is 39.8. The van der Waals surface area contributed by atoms with Crippen molar-refractivity contribution in [1.82, 2.24) is 20.1 Å². The van der Waals surface area contributed by atoms with Crippen LogP contribution in [0.3, 0.4) is 0 Å². The largest absolute Gasteiger partial charge is 0.490 e. The summed E-state index contributed by atoms with van der Waals surface area (Å²) in [6.45, 7) is 1.18. The third kappa shape index (κ3) is 11.0. The van der Waals surface area contributed by atoms with Gasteiger partial charge in [0, 0.05) is 72.7 Å². The number of carbonyl (C=O) groups is 2. The molecule has 1 aromatic heterocycles. The fourth-order valence-corrected chi connectivity index (χ4v) is 7.49. The molecule has 3 aromatic rings. The smallest absolute Gasteiger partial charge is 0.234 e. The van der Waals surface area contributed by atoms with E-state index < -0.39 is 42.5 Å². The Kier molecular flexibility index (Phi) is 14.6. The number of piperazine rings is 1. The first-order valence-electron chi connectivity index (χ1n) is 19.4. The Morgan fingerprint density at radius 2 is 1.61 bits per heavy atom. The van der Waals surface area contributed by atoms with Gasteiger partial charge in [0.15, 0.2) is 0 Å². The topological polar surface area (TPSA) is 185 Å². The maximum Gasteiger partial charge on any atom is 0.234 e. The summed E-state index contributed by atoms with van der Waals surface area (Å²) < 4.78 is 12.8. The van der Waals surface area contributed by atoms with Crippen molar-refractivity contribution in [3.63, 3.8) is 0 Å². The summed E-state index contributed by atoms with van der Waals surface area (Å²) in [5.74, 6) is 0.536. The summed E-state index contributed by atoms with van der Waals surface area (Å²) in [5.41, 5.74) is 4.40. The van der Waals surface area contributed by atoms with Gasteiger partial charge >= 0.3 is 0 Å². The van der Waals surface area contributed by atoms with Crippen molar-refractivity contribution in [3.05, 3.63) is 81.6 Å². The Hall–Kier alpha value is -3.37. The van der Waals surface area contributed by atoms with Gasteiger partial charge in [-0.15, -0.1) is 0 Å². The quantitative estimate of drug-likeness (QED) is 0.0922. The number of aryl methyl sites for hydroxylation is 1. The van der Waals surface area contributed by atoms with Gasteiger partial charge in [-0.3, -0.25) is 19.5 Å². The van der Waals surface area contributed by atoms with Crippen LogP contribution >= 0.6 is 23.2 Å². The molecule has 4 atom stereocenters. The highest BCUT2D eigenvalue weighted by molar-refractivity contribution is 6.34. The standard InChI is InChI=1S/C41H52Cl2N4O9/c42-32-20-27(25-55-41(12-13-41)31-21-44-14-11-29(31)30-6-2-3-7-36(30)56-28-9-10-28)33(43)19-26(32)5-1-4-8-38(52)47-17-15-46(16-18-47)23-37(51)45-22-34(49)39(53)40(54)35(50)24-48/h2-3,6-7,11,14,19-21,28,34-35,39-40,48-50,53-54H,1,4-5,8-10,12-13,15-18,22-25H2,(H,45,51). The van der Waals surface area contributed by atoms with E-state index in [1.165, 1.54) is 0 Å². The van der Waals surface area contributed by atoms with E-state index in [2.05, 4.69) is 16.4 Å². The van der Waals surface area contributed by atoms with E-state index in [0.717, 1.165) is 65.7 Å². The minimum atomic E-state index is -1.76. The number of pyridine rings is 1. The fraction of sp³-hybridized carbons (Fsp3) is 0.537. The van der Waals surface area contributed by atoms with Crippen molar-refractivity contribution in [1.29, 1.82) is 0 Å². The van der Waals surface area contributed by atoms with Crippen LogP contribution in [0.25, 0.3) is 11.1 Å². The molecule has 3 fully saturated rings. The van der Waals surface area contributed by atoms with Crippen molar-refractivity contribution in [2.45, 2.75) is 94.1 Å². The number of unbranched alkanes of at least 4 members (excludes halogenated alkanes) is 1. The first-order chi connectivity index (χ1) is 27.0. The molecule has 15 heteroatoms. The van der Waals surface area contributed by atoms with Crippen molar-refractivity contribution >= 4 is 35.0 Å². The summed E-state index contributed by atoms with van der Waals surface area (Å²) in [7, 11) is 0. The molecule has 56 heavy (non-hydrogen) atoms. The molecule has 0 spiro atoms. The van der Waals surface area contributed by atoms with Crippen LogP contribution in [-0.4, -0.2) is 129 Å². The van der Waals surface area contributed by atoms with Gasteiger partial charge in [-0.2, -0.15) is 0 Å². The zero-order valence-electron chi connectivity index (χ0n) is 31.4. The van der Waals surface area contributed by atoms with E-state index >= 15 is 0 Å². The summed E-state index contributed by atoms with van der Waals surface area (Å²) in [6, 6.07) is 13.9. The molecule has 4 unspecified atom stereocenters. The van der Waals surface area contributed by atoms with Crippen molar-refractivity contribution in [2.24, 2.45) is 0 Å². The van der Waals surface area contributed by atoms with E-state index in [-0.39, 0.29) is 25.1 Å². The number of hydrogen-bond donors (Lipinski definition) is 6. The molecular formula is C41H52Cl2N4O9. The number of aliphatic hydroxyl groups excluding tert-OH is 5. The highest BCUT2D eigenvalue weighted by Gasteiger charge is 2.48. The van der Waals surface area contributed by atoms with Crippen LogP contribution in [0.4, 0.5) is 0 Å². The number of hydrogen-bond acceptors (Lipinski definition) is 11. The van der Waals surface area contributed by atoms with E-state index in [9.17, 15) is 30.0 Å². The third-order valence-corrected chi connectivity index (χ3v) is 11.4. The van der Waals surface area contributed by atoms with E-state index in [1.54, 1.807) is 11.1 Å². The number of benzene rings is 2. The van der Waals surface area contributed by atoms with Crippen LogP contribution in [0.15, 0.2) is 54.9 Å². The first kappa shape index (κ1) is 42.2. The number of para-hydroxylation sites is 1. The first-order valence-corrected chi connectivity index (χ1v) is 20.1. The molecule has 1 saturated heterocycles. The number of aliphatic hydroxyl groups is 5. The monoisotopic (exact) mass is 814 g/mol. The van der Waals surface area contributed by atoms with Crippen LogP contribution in [-0.2, 0) is 33.0 Å². The van der Waals surface area contributed by atoms with Gasteiger partial charge in [0.25, 0.3) is 0 Å². The average molecular weight is 816 g/mol. The molecule has 13 nitrogen and oxygen atoms in total. The number of nitrogens with one attached hydrogen (secondary N) is 1. The van der Waals surface area contributed by atoms with Gasteiger partial charge in [-0.25, -0.2) is 0 Å². The number of rotatable bonds is 20. The number of aromatic nitrogens is 1. The molecule has 2 aliphatic carbocycles. The molecule has 0 bridgehead atoms. The van der Waals surface area contributed by atoms with Gasteiger partial charge in [-0.05, 0) is 85.9 Å². The number of amides is 2. The van der Waals surface area contributed by atoms with Crippen LogP contribution in [0.2, 0.25) is 10.0 Å². The number of halogens is 2. The molecule has 304 valence electrons. The Balaban J connectivity index is 0.916. The zero-order valence-corrected chi connectivity index (χ0v) is 32.9. The van der Waals surface area contributed by atoms with E-state index in [4.69, 9.17) is 37.8 Å². The Bertz CT molecular complexity index is 1800. The number of nitrogens with zero attached hydrogens (tertiary/aromatic N) is 3. The maximum absolute atomic E-state index is 12.9. The van der Waals surface area contributed by atoms with Gasteiger partial charge < -0.3 is 45.2 Å².